The van der Waals surface area contributed by atoms with Gasteiger partial charge in [0.25, 0.3) is 0 Å². The maximum absolute atomic E-state index is 11.9. The minimum Gasteiger partial charge on any atom is -0.369 e. The molecule has 0 saturated heterocycles. The molecule has 3 nitrogen and oxygen atoms in total. The normalized spacial score (nSPS) is 11.5. The Morgan fingerprint density at radius 2 is 1.74 bits per heavy atom. The average molecular weight is 262 g/mol. The smallest absolute Gasteiger partial charge is 0.229 e. The number of benzene rings is 1. The number of nitrogens with zero attached hydrogens (tertiary/aromatic N) is 1. The van der Waals surface area contributed by atoms with Crippen LogP contribution in [0.4, 0.5) is 11.4 Å². The summed E-state index contributed by atoms with van der Waals surface area (Å²) in [5.74, 6) is 0.0384. The first kappa shape index (κ1) is 15.5. The Morgan fingerprint density at radius 3 is 2.11 bits per heavy atom. The molecule has 0 aromatic heterocycles. The lowest BCUT2D eigenvalue weighted by Crippen LogP contribution is -2.30. The molecule has 106 valence electrons. The zero-order valence-corrected chi connectivity index (χ0v) is 12.9. The van der Waals surface area contributed by atoms with Crippen molar-refractivity contribution in [1.82, 2.24) is 0 Å². The lowest BCUT2D eigenvalue weighted by Gasteiger charge is -2.27. The van der Waals surface area contributed by atoms with Crippen LogP contribution in [0.5, 0.6) is 0 Å². The van der Waals surface area contributed by atoms with Gasteiger partial charge in [-0.3, -0.25) is 4.79 Å². The van der Waals surface area contributed by atoms with E-state index >= 15 is 0 Å². The summed E-state index contributed by atoms with van der Waals surface area (Å²) < 4.78 is 0. The van der Waals surface area contributed by atoms with E-state index in [9.17, 15) is 4.79 Å². The highest BCUT2D eigenvalue weighted by atomic mass is 16.2. The first-order valence-electron chi connectivity index (χ1n) is 6.94. The fraction of sp³-hybridized carbons (Fsp3) is 0.562. The third-order valence-electron chi connectivity index (χ3n) is 3.10. The van der Waals surface area contributed by atoms with E-state index in [0.29, 0.717) is 6.04 Å². The molecule has 0 atom stereocenters. The van der Waals surface area contributed by atoms with Crippen molar-refractivity contribution in [1.29, 1.82) is 0 Å². The van der Waals surface area contributed by atoms with Crippen molar-refractivity contribution in [2.45, 2.75) is 47.6 Å². The van der Waals surface area contributed by atoms with Crippen molar-refractivity contribution in [3.8, 4) is 0 Å². The van der Waals surface area contributed by atoms with Crippen molar-refractivity contribution in [2.75, 3.05) is 16.8 Å². The van der Waals surface area contributed by atoms with Gasteiger partial charge in [0, 0.05) is 29.4 Å². The molecular weight excluding hydrogens is 236 g/mol. The highest BCUT2D eigenvalue weighted by molar-refractivity contribution is 5.94. The monoisotopic (exact) mass is 262 g/mol. The Balaban J connectivity index is 2.80. The van der Waals surface area contributed by atoms with Crippen molar-refractivity contribution >= 4 is 17.3 Å². The van der Waals surface area contributed by atoms with Crippen LogP contribution in [-0.2, 0) is 4.79 Å². The molecule has 1 N–H and O–H groups in total. The van der Waals surface area contributed by atoms with Gasteiger partial charge in [-0.15, -0.1) is 0 Å². The molecule has 0 aliphatic heterocycles. The number of carbonyl (C=O) groups excluding carboxylic acids is 1. The molecule has 0 radical (unpaired) electrons. The minimum atomic E-state index is -0.369. The predicted octanol–water partition coefficient (Wildman–Crippen LogP) is 3.91. The molecule has 1 amide bonds. The average Bonchev–Trinajstić information content (AvgIpc) is 2.30. The summed E-state index contributed by atoms with van der Waals surface area (Å²) >= 11 is 0. The van der Waals surface area contributed by atoms with Crippen molar-refractivity contribution < 1.29 is 4.79 Å². The van der Waals surface area contributed by atoms with E-state index in [0.717, 1.165) is 12.2 Å². The van der Waals surface area contributed by atoms with Crippen LogP contribution < -0.4 is 10.2 Å². The van der Waals surface area contributed by atoms with Crippen LogP contribution in [0, 0.1) is 5.41 Å². The topological polar surface area (TPSA) is 32.3 Å². The standard InChI is InChI=1S/C16H26N2O/c1-7-18(12(2)3)14-10-8-13(9-11-14)17-15(19)16(4,5)6/h8-12H,7H2,1-6H3,(H,17,19). The molecule has 1 rings (SSSR count). The van der Waals surface area contributed by atoms with Crippen LogP contribution >= 0.6 is 0 Å². The number of hydrogen-bond acceptors (Lipinski definition) is 2. The molecular formula is C16H26N2O. The number of nitrogens with one attached hydrogen (secondary N) is 1. The zero-order valence-electron chi connectivity index (χ0n) is 12.9. The van der Waals surface area contributed by atoms with Crippen molar-refractivity contribution in [2.24, 2.45) is 5.41 Å². The molecule has 0 unspecified atom stereocenters. The SMILES string of the molecule is CCN(c1ccc(NC(=O)C(C)(C)C)cc1)C(C)C. The second-order valence-corrected chi connectivity index (χ2v) is 6.13. The van der Waals surface area contributed by atoms with Crippen LogP contribution in [0.15, 0.2) is 24.3 Å². The Kier molecular flexibility index (Phi) is 4.98. The largest absolute Gasteiger partial charge is 0.369 e. The van der Waals surface area contributed by atoms with E-state index in [2.05, 4.69) is 43.1 Å². The molecule has 0 aliphatic carbocycles. The van der Waals surface area contributed by atoms with Crippen LogP contribution in [0.1, 0.15) is 41.5 Å². The fourth-order valence-electron chi connectivity index (χ4n) is 1.90. The van der Waals surface area contributed by atoms with Gasteiger partial charge in [0.15, 0.2) is 0 Å². The van der Waals surface area contributed by atoms with Crippen LogP contribution in [0.2, 0.25) is 0 Å². The van der Waals surface area contributed by atoms with E-state index in [1.807, 2.05) is 32.9 Å². The summed E-state index contributed by atoms with van der Waals surface area (Å²) in [7, 11) is 0. The van der Waals surface area contributed by atoms with Gasteiger partial charge in [0.1, 0.15) is 0 Å². The summed E-state index contributed by atoms with van der Waals surface area (Å²) in [6, 6.07) is 8.51. The van der Waals surface area contributed by atoms with Gasteiger partial charge in [-0.25, -0.2) is 0 Å². The van der Waals surface area contributed by atoms with Gasteiger partial charge >= 0.3 is 0 Å². The predicted molar refractivity (Wildman–Crippen MR) is 82.7 cm³/mol. The Morgan fingerprint density at radius 1 is 1.21 bits per heavy atom. The first-order chi connectivity index (χ1) is 8.75. The van der Waals surface area contributed by atoms with E-state index in [4.69, 9.17) is 0 Å². The number of hydrogen-bond donors (Lipinski definition) is 1. The molecule has 0 aliphatic rings. The van der Waals surface area contributed by atoms with Gasteiger partial charge in [-0.2, -0.15) is 0 Å². The molecule has 19 heavy (non-hydrogen) atoms. The number of rotatable bonds is 4. The summed E-state index contributed by atoms with van der Waals surface area (Å²) in [6.07, 6.45) is 0. The van der Waals surface area contributed by atoms with E-state index in [-0.39, 0.29) is 11.3 Å². The van der Waals surface area contributed by atoms with Crippen molar-refractivity contribution in [3.63, 3.8) is 0 Å². The highest BCUT2D eigenvalue weighted by Gasteiger charge is 2.21. The molecule has 0 saturated carbocycles. The molecule has 3 heteroatoms. The molecule has 0 heterocycles. The number of amides is 1. The van der Waals surface area contributed by atoms with E-state index < -0.39 is 0 Å². The van der Waals surface area contributed by atoms with Crippen LogP contribution in [0.25, 0.3) is 0 Å². The quantitative estimate of drug-likeness (QED) is 0.892. The molecule has 1 aromatic rings. The third-order valence-corrected chi connectivity index (χ3v) is 3.10. The lowest BCUT2D eigenvalue weighted by molar-refractivity contribution is -0.123. The Labute approximate surface area is 117 Å². The number of carbonyl (C=O) groups is 1. The van der Waals surface area contributed by atoms with Crippen molar-refractivity contribution in [3.05, 3.63) is 24.3 Å². The van der Waals surface area contributed by atoms with Gasteiger partial charge in [0.05, 0.1) is 0 Å². The summed E-state index contributed by atoms with van der Waals surface area (Å²) in [6.45, 7) is 13.2. The summed E-state index contributed by atoms with van der Waals surface area (Å²) in [5, 5.41) is 2.94. The first-order valence-corrected chi connectivity index (χ1v) is 6.94. The fourth-order valence-corrected chi connectivity index (χ4v) is 1.90. The second kappa shape index (κ2) is 6.09. The Hall–Kier alpha value is -1.51. The summed E-state index contributed by atoms with van der Waals surface area (Å²) in [4.78, 5) is 14.2. The molecule has 1 aromatic carbocycles. The highest BCUT2D eigenvalue weighted by Crippen LogP contribution is 2.22. The molecule has 0 bridgehead atoms. The van der Waals surface area contributed by atoms with E-state index in [1.165, 1.54) is 5.69 Å². The molecule has 0 spiro atoms. The number of anilines is 2. The van der Waals surface area contributed by atoms with Crippen LogP contribution in [0.3, 0.4) is 0 Å². The van der Waals surface area contributed by atoms with Gasteiger partial charge in [-0.1, -0.05) is 20.8 Å². The minimum absolute atomic E-state index is 0.0384. The Bertz CT molecular complexity index is 415. The maximum atomic E-state index is 11.9. The third kappa shape index (κ3) is 4.27. The van der Waals surface area contributed by atoms with Gasteiger partial charge in [0.2, 0.25) is 5.91 Å². The van der Waals surface area contributed by atoms with Gasteiger partial charge in [-0.05, 0) is 45.0 Å². The van der Waals surface area contributed by atoms with Gasteiger partial charge < -0.3 is 10.2 Å². The van der Waals surface area contributed by atoms with E-state index in [1.54, 1.807) is 0 Å². The van der Waals surface area contributed by atoms with Crippen LogP contribution in [-0.4, -0.2) is 18.5 Å². The zero-order chi connectivity index (χ0) is 14.6. The lowest BCUT2D eigenvalue weighted by atomic mass is 9.95. The maximum Gasteiger partial charge on any atom is 0.229 e. The second-order valence-electron chi connectivity index (χ2n) is 6.13. The summed E-state index contributed by atoms with van der Waals surface area (Å²) in [5.41, 5.74) is 1.67. The molecule has 0 fully saturated rings.